The summed E-state index contributed by atoms with van der Waals surface area (Å²) in [4.78, 5) is 30.2. The highest BCUT2D eigenvalue weighted by Crippen LogP contribution is 1.90. The molecule has 120 valence electrons. The van der Waals surface area contributed by atoms with Crippen molar-refractivity contribution in [3.05, 3.63) is 0 Å². The summed E-state index contributed by atoms with van der Waals surface area (Å²) in [5.74, 6) is -1.67. The number of hydrogen-bond donors (Lipinski definition) is 4. The summed E-state index contributed by atoms with van der Waals surface area (Å²) in [5.41, 5.74) is 0. The lowest BCUT2D eigenvalue weighted by Crippen LogP contribution is -2.27. The van der Waals surface area contributed by atoms with Crippen LogP contribution in [0.2, 0.25) is 0 Å². The molecule has 0 aromatic carbocycles. The van der Waals surface area contributed by atoms with Crippen LogP contribution < -0.4 is 0 Å². The van der Waals surface area contributed by atoms with E-state index >= 15 is 0 Å². The van der Waals surface area contributed by atoms with Gasteiger partial charge in [0.05, 0.1) is 19.8 Å². The standard InChI is InChI=1S/C4H4O4.C4H8O4.C2H6O2.H2/c5-3-1-7-4(6)2-8-3;5-1-2-8-4(7)3-6;3-1-2-4;/h1-2H2;5-6H,1-3H2;3-4H,1-2H2;1H/i;;;1+1. The van der Waals surface area contributed by atoms with Gasteiger partial charge in [-0.05, 0) is 0 Å². The van der Waals surface area contributed by atoms with E-state index in [1.54, 1.807) is 0 Å². The minimum Gasteiger partial charge on any atom is -0.462 e. The fourth-order valence-electron chi connectivity index (χ4n) is 0.567. The van der Waals surface area contributed by atoms with Gasteiger partial charge in [-0.2, -0.15) is 0 Å². The van der Waals surface area contributed by atoms with Gasteiger partial charge in [0.2, 0.25) is 0 Å². The van der Waals surface area contributed by atoms with Gasteiger partial charge in [-0.3, -0.25) is 0 Å². The molecule has 10 nitrogen and oxygen atoms in total. The molecular weight excluding hydrogens is 280 g/mol. The first-order valence-electron chi connectivity index (χ1n) is 5.42. The summed E-state index contributed by atoms with van der Waals surface area (Å²) >= 11 is 0. The quantitative estimate of drug-likeness (QED) is 0.308. The predicted molar refractivity (Wildman–Crippen MR) is 63.3 cm³/mol. The molecule has 0 radical (unpaired) electrons. The number of carbonyl (C=O) groups excluding carboxylic acids is 3. The third-order valence-electron chi connectivity index (χ3n) is 1.29. The van der Waals surface area contributed by atoms with E-state index < -0.39 is 24.5 Å². The Kier molecular flexibility index (Phi) is 15.7. The van der Waals surface area contributed by atoms with Crippen LogP contribution in [0.3, 0.4) is 0 Å². The van der Waals surface area contributed by atoms with Gasteiger partial charge in [-0.15, -0.1) is 0 Å². The van der Waals surface area contributed by atoms with E-state index in [-0.39, 0.29) is 41.1 Å². The minimum absolute atomic E-state index is 0. The Hall–Kier alpha value is -1.75. The average molecular weight is 301 g/mol. The van der Waals surface area contributed by atoms with Gasteiger partial charge in [0.15, 0.2) is 13.2 Å². The summed E-state index contributed by atoms with van der Waals surface area (Å²) in [6, 6.07) is 0. The maximum atomic E-state index is 10.1. The number of rotatable bonds is 4. The van der Waals surface area contributed by atoms with Gasteiger partial charge >= 0.3 is 17.9 Å². The second-order valence-electron chi connectivity index (χ2n) is 2.87. The summed E-state index contributed by atoms with van der Waals surface area (Å²) in [5, 5.41) is 31.3. The molecule has 0 atom stereocenters. The molecular formula is C10H20O10. The Labute approximate surface area is 116 Å². The lowest BCUT2D eigenvalue weighted by molar-refractivity contribution is -0.174. The normalized spacial score (nSPS) is 12.8. The fourth-order valence-corrected chi connectivity index (χ4v) is 0.567. The van der Waals surface area contributed by atoms with Crippen LogP contribution in [0.1, 0.15) is 1.43 Å². The molecule has 0 aliphatic carbocycles. The first kappa shape index (κ1) is 20.6. The Morgan fingerprint density at radius 2 is 1.45 bits per heavy atom. The highest BCUT2D eigenvalue weighted by Gasteiger charge is 2.16. The maximum absolute atomic E-state index is 10.1. The summed E-state index contributed by atoms with van der Waals surface area (Å²) in [6.07, 6.45) is 0. The van der Waals surface area contributed by atoms with Crippen molar-refractivity contribution in [2.75, 3.05) is 46.2 Å². The fraction of sp³-hybridized carbons (Fsp3) is 0.700. The number of hydrogen-bond acceptors (Lipinski definition) is 10. The zero-order valence-corrected chi connectivity index (χ0v) is 10.7. The molecule has 0 unspecified atom stereocenters. The first-order valence-corrected chi connectivity index (χ1v) is 5.42. The van der Waals surface area contributed by atoms with Crippen molar-refractivity contribution in [3.8, 4) is 0 Å². The van der Waals surface area contributed by atoms with Crippen LogP contribution in [0.4, 0.5) is 0 Å². The number of aliphatic hydroxyl groups is 4. The van der Waals surface area contributed by atoms with Crippen molar-refractivity contribution in [2.45, 2.75) is 0 Å². The molecule has 1 fully saturated rings. The van der Waals surface area contributed by atoms with Crippen molar-refractivity contribution in [1.29, 1.82) is 0 Å². The number of ether oxygens (including phenoxy) is 3. The lowest BCUT2D eigenvalue weighted by atomic mass is 10.6. The highest BCUT2D eigenvalue weighted by molar-refractivity contribution is 5.82. The van der Waals surface area contributed by atoms with Crippen LogP contribution in [-0.2, 0) is 28.6 Å². The molecule has 1 aliphatic rings. The van der Waals surface area contributed by atoms with Crippen LogP contribution in [0, 0.1) is 0 Å². The molecule has 0 bridgehead atoms. The van der Waals surface area contributed by atoms with Crippen LogP contribution in [0.5, 0.6) is 0 Å². The van der Waals surface area contributed by atoms with E-state index in [4.69, 9.17) is 20.4 Å². The van der Waals surface area contributed by atoms with Gasteiger partial charge in [-0.1, -0.05) is 0 Å². The molecule has 0 aromatic rings. The molecule has 1 saturated heterocycles. The Morgan fingerprint density at radius 1 is 1.00 bits per heavy atom. The van der Waals surface area contributed by atoms with Crippen molar-refractivity contribution in [3.63, 3.8) is 0 Å². The number of esters is 3. The SMILES string of the molecule is O=C(CO)OCCO.O=C1COC(=O)CO1.OCCO.[2HH]. The van der Waals surface area contributed by atoms with Crippen LogP contribution in [-0.4, -0.2) is 84.6 Å². The molecule has 0 aromatic heterocycles. The van der Waals surface area contributed by atoms with Crippen molar-refractivity contribution < 1.29 is 50.4 Å². The van der Waals surface area contributed by atoms with Crippen molar-refractivity contribution >= 4 is 17.9 Å². The van der Waals surface area contributed by atoms with Crippen LogP contribution in [0.15, 0.2) is 0 Å². The first-order chi connectivity index (χ1) is 9.51. The topological polar surface area (TPSA) is 160 Å². The molecule has 1 rings (SSSR count). The molecule has 0 saturated carbocycles. The molecule has 10 heteroatoms. The molecule has 1 aliphatic heterocycles. The molecule has 1 heterocycles. The molecule has 20 heavy (non-hydrogen) atoms. The minimum atomic E-state index is -0.709. The van der Waals surface area contributed by atoms with Crippen LogP contribution in [0.25, 0.3) is 0 Å². The van der Waals surface area contributed by atoms with E-state index in [1.807, 2.05) is 0 Å². The second-order valence-corrected chi connectivity index (χ2v) is 2.87. The smallest absolute Gasteiger partial charge is 0.344 e. The molecule has 0 spiro atoms. The van der Waals surface area contributed by atoms with E-state index in [0.29, 0.717) is 0 Å². The number of cyclic esters (lactones) is 2. The van der Waals surface area contributed by atoms with Gasteiger partial charge in [0.1, 0.15) is 13.2 Å². The zero-order valence-electron chi connectivity index (χ0n) is 10.7. The Morgan fingerprint density at radius 3 is 1.70 bits per heavy atom. The monoisotopic (exact) mass is 301 g/mol. The summed E-state index contributed by atoms with van der Waals surface area (Å²) in [7, 11) is 0. The number of carbonyl (C=O) groups is 3. The third kappa shape index (κ3) is 16.2. The van der Waals surface area contributed by atoms with E-state index in [1.165, 1.54) is 0 Å². The van der Waals surface area contributed by atoms with Gasteiger partial charge in [0, 0.05) is 1.43 Å². The highest BCUT2D eigenvalue weighted by atomic mass is 16.6. The second kappa shape index (κ2) is 15.3. The average Bonchev–Trinajstić information content (AvgIpc) is 2.48. The largest absolute Gasteiger partial charge is 0.462 e. The van der Waals surface area contributed by atoms with Gasteiger partial charge < -0.3 is 34.6 Å². The summed E-state index contributed by atoms with van der Waals surface area (Å²) < 4.78 is 12.8. The van der Waals surface area contributed by atoms with Crippen LogP contribution >= 0.6 is 0 Å². The van der Waals surface area contributed by atoms with Gasteiger partial charge in [-0.25, -0.2) is 14.4 Å². The van der Waals surface area contributed by atoms with Crippen molar-refractivity contribution in [1.82, 2.24) is 0 Å². The Balaban J connectivity index is -0.000000239. The zero-order chi connectivity index (χ0) is 15.8. The predicted octanol–water partition coefficient (Wildman–Crippen LogP) is -3.18. The Bertz CT molecular complexity index is 253. The van der Waals surface area contributed by atoms with E-state index in [2.05, 4.69) is 14.2 Å². The summed E-state index contributed by atoms with van der Waals surface area (Å²) in [6.45, 7) is -1.59. The van der Waals surface area contributed by atoms with Gasteiger partial charge in [0.25, 0.3) is 0 Å². The van der Waals surface area contributed by atoms with Crippen molar-refractivity contribution in [2.24, 2.45) is 0 Å². The third-order valence-corrected chi connectivity index (χ3v) is 1.29. The van der Waals surface area contributed by atoms with E-state index in [0.717, 1.165) is 0 Å². The van der Waals surface area contributed by atoms with E-state index in [9.17, 15) is 14.4 Å². The number of aliphatic hydroxyl groups excluding tert-OH is 4. The lowest BCUT2D eigenvalue weighted by Gasteiger charge is -2.09. The molecule has 4 N–H and O–H groups in total. The molecule has 0 amide bonds. The maximum Gasteiger partial charge on any atom is 0.344 e.